The summed E-state index contributed by atoms with van der Waals surface area (Å²) < 4.78 is 26.2. The molecule has 0 radical (unpaired) electrons. The van der Waals surface area contributed by atoms with Crippen molar-refractivity contribution in [1.29, 1.82) is 0 Å². The number of nitrogens with one attached hydrogen (secondary N) is 1. The number of rotatable bonds is 11. The Morgan fingerprint density at radius 3 is 2.31 bits per heavy atom. The Kier molecular flexibility index (Phi) is 10.1. The fourth-order valence-electron chi connectivity index (χ4n) is 3.41. The summed E-state index contributed by atoms with van der Waals surface area (Å²) in [4.78, 5) is 38.1. The van der Waals surface area contributed by atoms with E-state index in [1.807, 2.05) is 6.92 Å². The molecule has 36 heavy (non-hydrogen) atoms. The van der Waals surface area contributed by atoms with Gasteiger partial charge in [-0.3, -0.25) is 24.0 Å². The van der Waals surface area contributed by atoms with E-state index < -0.39 is 39.3 Å². The molecule has 13 heteroatoms. The summed E-state index contributed by atoms with van der Waals surface area (Å²) in [6, 6.07) is 7.55. The molecule has 0 aromatic heterocycles. The number of non-ortho nitro benzene ring substituents is 1. The lowest BCUT2D eigenvalue weighted by Crippen LogP contribution is -2.51. The number of nitrogens with zero attached hydrogens (tertiary/aromatic N) is 3. The van der Waals surface area contributed by atoms with E-state index in [-0.39, 0.29) is 28.0 Å². The molecule has 0 fully saturated rings. The third kappa shape index (κ3) is 7.31. The van der Waals surface area contributed by atoms with Crippen molar-refractivity contribution in [3.63, 3.8) is 0 Å². The number of amides is 2. The molecule has 0 heterocycles. The van der Waals surface area contributed by atoms with E-state index in [9.17, 15) is 28.1 Å². The number of benzene rings is 2. The molecular formula is C23H28Cl2N4O6S. The Balaban J connectivity index is 2.52. The van der Waals surface area contributed by atoms with E-state index >= 15 is 0 Å². The van der Waals surface area contributed by atoms with E-state index in [0.717, 1.165) is 16.6 Å². The van der Waals surface area contributed by atoms with E-state index in [4.69, 9.17) is 23.2 Å². The normalized spacial score (nSPS) is 12.1. The maximum Gasteiger partial charge on any atom is 0.271 e. The lowest BCUT2D eigenvalue weighted by atomic mass is 10.1. The molecule has 2 aromatic rings. The van der Waals surface area contributed by atoms with Crippen LogP contribution >= 0.6 is 23.2 Å². The van der Waals surface area contributed by atoms with Gasteiger partial charge in [-0.05, 0) is 38.0 Å². The average molecular weight is 559 g/mol. The van der Waals surface area contributed by atoms with Crippen LogP contribution in [-0.4, -0.2) is 55.4 Å². The highest BCUT2D eigenvalue weighted by molar-refractivity contribution is 7.92. The van der Waals surface area contributed by atoms with Crippen molar-refractivity contribution in [2.24, 2.45) is 0 Å². The van der Waals surface area contributed by atoms with Crippen LogP contribution in [0.5, 0.6) is 0 Å². The van der Waals surface area contributed by atoms with Gasteiger partial charge in [0.25, 0.3) is 5.69 Å². The van der Waals surface area contributed by atoms with Crippen molar-refractivity contribution in [1.82, 2.24) is 10.2 Å². The van der Waals surface area contributed by atoms with Crippen LogP contribution in [0.1, 0.15) is 31.4 Å². The number of nitro benzene ring substituents is 1. The highest BCUT2D eigenvalue weighted by atomic mass is 35.5. The maximum atomic E-state index is 13.6. The average Bonchev–Trinajstić information content (AvgIpc) is 2.80. The van der Waals surface area contributed by atoms with E-state index in [1.54, 1.807) is 25.1 Å². The van der Waals surface area contributed by atoms with Gasteiger partial charge in [-0.25, -0.2) is 8.42 Å². The predicted octanol–water partition coefficient (Wildman–Crippen LogP) is 3.92. The molecule has 1 N–H and O–H groups in total. The SMILES string of the molecule is CCCNC(=O)[C@H](C)N(Cc1c(Cl)cccc1Cl)C(=O)CN(c1cc([N+](=O)[O-])ccc1C)S(C)(=O)=O. The number of anilines is 1. The first-order valence-corrected chi connectivity index (χ1v) is 13.6. The van der Waals surface area contributed by atoms with Crippen molar-refractivity contribution in [2.45, 2.75) is 39.8 Å². The minimum atomic E-state index is -4.05. The molecule has 2 aromatic carbocycles. The second-order valence-electron chi connectivity index (χ2n) is 8.19. The molecule has 0 aliphatic heterocycles. The Hall–Kier alpha value is -2.89. The van der Waals surface area contributed by atoms with Crippen molar-refractivity contribution in [2.75, 3.05) is 23.7 Å². The van der Waals surface area contributed by atoms with Gasteiger partial charge in [0.15, 0.2) is 0 Å². The quantitative estimate of drug-likeness (QED) is 0.328. The molecule has 1 atom stereocenters. The van der Waals surface area contributed by atoms with Crippen molar-refractivity contribution in [3.05, 3.63) is 67.7 Å². The van der Waals surface area contributed by atoms with Gasteiger partial charge in [0.05, 0.1) is 16.9 Å². The monoisotopic (exact) mass is 558 g/mol. The Labute approximate surface area is 220 Å². The first-order chi connectivity index (χ1) is 16.8. The number of aryl methyl sites for hydroxylation is 1. The smallest absolute Gasteiger partial charge is 0.271 e. The van der Waals surface area contributed by atoms with Crippen molar-refractivity contribution < 1.29 is 22.9 Å². The van der Waals surface area contributed by atoms with Crippen LogP contribution in [-0.2, 0) is 26.2 Å². The molecular weight excluding hydrogens is 531 g/mol. The standard InChI is InChI=1S/C23H28Cl2N4O6S/c1-5-11-26-23(31)16(3)27(13-18-19(24)7-6-8-20(18)25)22(30)14-28(36(4,34)35)21-12-17(29(32)33)10-9-15(21)2/h6-10,12,16H,5,11,13-14H2,1-4H3,(H,26,31)/t16-/m0/s1. The van der Waals surface area contributed by atoms with Crippen LogP contribution in [0, 0.1) is 17.0 Å². The first-order valence-electron chi connectivity index (χ1n) is 11.0. The van der Waals surface area contributed by atoms with E-state index in [2.05, 4.69) is 5.32 Å². The van der Waals surface area contributed by atoms with E-state index in [0.29, 0.717) is 24.1 Å². The minimum absolute atomic E-state index is 0.0149. The summed E-state index contributed by atoms with van der Waals surface area (Å²) in [5.74, 6) is -1.16. The first kappa shape index (κ1) is 29.3. The maximum absolute atomic E-state index is 13.6. The molecule has 0 saturated heterocycles. The number of sulfonamides is 1. The lowest BCUT2D eigenvalue weighted by Gasteiger charge is -2.32. The highest BCUT2D eigenvalue weighted by Crippen LogP contribution is 2.29. The zero-order valence-corrected chi connectivity index (χ0v) is 22.7. The van der Waals surface area contributed by atoms with Gasteiger partial charge in [-0.1, -0.05) is 42.3 Å². The number of nitro groups is 1. The summed E-state index contributed by atoms with van der Waals surface area (Å²) in [5.41, 5.74) is 0.456. The van der Waals surface area contributed by atoms with Crippen LogP contribution in [0.15, 0.2) is 36.4 Å². The Morgan fingerprint density at radius 2 is 1.78 bits per heavy atom. The fourth-order valence-corrected chi connectivity index (χ4v) is 4.82. The van der Waals surface area contributed by atoms with Gasteiger partial charge in [0.1, 0.15) is 12.6 Å². The zero-order chi connectivity index (χ0) is 27.2. The third-order valence-electron chi connectivity index (χ3n) is 5.46. The van der Waals surface area contributed by atoms with Crippen molar-refractivity contribution >= 4 is 56.4 Å². The highest BCUT2D eigenvalue weighted by Gasteiger charge is 2.31. The second kappa shape index (κ2) is 12.4. The second-order valence-corrected chi connectivity index (χ2v) is 10.9. The largest absolute Gasteiger partial charge is 0.354 e. The van der Waals surface area contributed by atoms with Gasteiger partial charge in [0.2, 0.25) is 21.8 Å². The van der Waals surface area contributed by atoms with Crippen molar-refractivity contribution in [3.8, 4) is 0 Å². The molecule has 2 rings (SSSR count). The van der Waals surface area contributed by atoms with Crippen LogP contribution in [0.2, 0.25) is 10.0 Å². The summed E-state index contributed by atoms with van der Waals surface area (Å²) in [6.45, 7) is 4.49. The minimum Gasteiger partial charge on any atom is -0.354 e. The van der Waals surface area contributed by atoms with Gasteiger partial charge in [-0.2, -0.15) is 0 Å². The molecule has 0 bridgehead atoms. The molecule has 0 aliphatic rings. The molecule has 196 valence electrons. The molecule has 10 nitrogen and oxygen atoms in total. The lowest BCUT2D eigenvalue weighted by molar-refractivity contribution is -0.384. The summed E-state index contributed by atoms with van der Waals surface area (Å²) in [7, 11) is -4.05. The van der Waals surface area contributed by atoms with Crippen LogP contribution < -0.4 is 9.62 Å². The Bertz CT molecular complexity index is 1230. The van der Waals surface area contributed by atoms with Gasteiger partial charge in [0, 0.05) is 40.8 Å². The van der Waals surface area contributed by atoms with E-state index in [1.165, 1.54) is 24.0 Å². The number of carbonyl (C=O) groups is 2. The number of carbonyl (C=O) groups excluding carboxylic acids is 2. The zero-order valence-electron chi connectivity index (χ0n) is 20.3. The van der Waals surface area contributed by atoms with Gasteiger partial charge < -0.3 is 10.2 Å². The fraction of sp³-hybridized carbons (Fsp3) is 0.391. The molecule has 0 spiro atoms. The number of hydrogen-bond donors (Lipinski definition) is 1. The molecule has 0 aliphatic carbocycles. The summed E-state index contributed by atoms with van der Waals surface area (Å²) >= 11 is 12.6. The van der Waals surface area contributed by atoms with Gasteiger partial charge in [-0.15, -0.1) is 0 Å². The number of hydrogen-bond acceptors (Lipinski definition) is 6. The van der Waals surface area contributed by atoms with Crippen LogP contribution in [0.25, 0.3) is 0 Å². The summed E-state index contributed by atoms with van der Waals surface area (Å²) in [6.07, 6.45) is 1.57. The Morgan fingerprint density at radius 1 is 1.17 bits per heavy atom. The third-order valence-corrected chi connectivity index (χ3v) is 7.29. The molecule has 0 unspecified atom stereocenters. The molecule has 2 amide bonds. The van der Waals surface area contributed by atoms with Gasteiger partial charge >= 0.3 is 0 Å². The van der Waals surface area contributed by atoms with Crippen LogP contribution in [0.4, 0.5) is 11.4 Å². The molecule has 0 saturated carbocycles. The summed E-state index contributed by atoms with van der Waals surface area (Å²) in [5, 5.41) is 14.5. The topological polar surface area (TPSA) is 130 Å². The predicted molar refractivity (Wildman–Crippen MR) is 140 cm³/mol. The van der Waals surface area contributed by atoms with Crippen LogP contribution in [0.3, 0.4) is 0 Å². The number of halogens is 2.